The Morgan fingerprint density at radius 1 is 1.24 bits per heavy atom. The molecule has 0 atom stereocenters. The maximum atomic E-state index is 12.4. The van der Waals surface area contributed by atoms with Gasteiger partial charge in [0, 0.05) is 25.9 Å². The van der Waals surface area contributed by atoms with Gasteiger partial charge >= 0.3 is 5.69 Å². The van der Waals surface area contributed by atoms with Crippen molar-refractivity contribution < 1.29 is 9.53 Å². The molecule has 150 valence electrons. The summed E-state index contributed by atoms with van der Waals surface area (Å²) < 4.78 is 8.85. The third kappa shape index (κ3) is 4.00. The molecular weight excluding hydrogens is 376 g/mol. The second-order valence-electron chi connectivity index (χ2n) is 6.16. The zero-order valence-corrected chi connectivity index (χ0v) is 16.2. The minimum absolute atomic E-state index is 0.169. The molecule has 2 heterocycles. The van der Waals surface area contributed by atoms with Crippen LogP contribution >= 0.6 is 0 Å². The second-order valence-corrected chi connectivity index (χ2v) is 6.16. The summed E-state index contributed by atoms with van der Waals surface area (Å²) in [7, 11) is 4.48. The number of nitrogens with one attached hydrogen (secondary N) is 1. The minimum Gasteiger partial charge on any atom is -0.496 e. The molecule has 1 N–H and O–H groups in total. The average molecular weight is 396 g/mol. The average Bonchev–Trinajstić information content (AvgIpc) is 3.14. The summed E-state index contributed by atoms with van der Waals surface area (Å²) in [5.41, 5.74) is 2.64. The molecule has 0 aliphatic heterocycles. The largest absolute Gasteiger partial charge is 0.496 e. The van der Waals surface area contributed by atoms with Gasteiger partial charge in [-0.25, -0.2) is 15.2 Å². The van der Waals surface area contributed by atoms with E-state index in [2.05, 4.69) is 15.5 Å². The van der Waals surface area contributed by atoms with Gasteiger partial charge < -0.3 is 9.30 Å². The Labute approximate surface area is 165 Å². The second kappa shape index (κ2) is 8.38. The van der Waals surface area contributed by atoms with Gasteiger partial charge in [-0.15, -0.1) is 0 Å². The van der Waals surface area contributed by atoms with Crippen LogP contribution in [0.15, 0.2) is 51.4 Å². The van der Waals surface area contributed by atoms with Crippen LogP contribution in [0.5, 0.6) is 5.75 Å². The maximum Gasteiger partial charge on any atom is 0.332 e. The number of hydrazone groups is 1. The fourth-order valence-electron chi connectivity index (χ4n) is 2.81. The van der Waals surface area contributed by atoms with Crippen molar-refractivity contribution in [1.82, 2.24) is 24.1 Å². The van der Waals surface area contributed by atoms with Crippen molar-refractivity contribution >= 4 is 29.4 Å². The molecule has 3 aromatic rings. The topological polar surface area (TPSA) is 113 Å². The molecule has 0 aliphatic carbocycles. The number of rotatable bonds is 6. The van der Waals surface area contributed by atoms with E-state index < -0.39 is 17.2 Å². The molecule has 0 saturated heterocycles. The quantitative estimate of drug-likeness (QED) is 0.474. The van der Waals surface area contributed by atoms with E-state index in [-0.39, 0.29) is 17.7 Å². The highest BCUT2D eigenvalue weighted by Gasteiger charge is 2.15. The van der Waals surface area contributed by atoms with Crippen molar-refractivity contribution in [2.45, 2.75) is 6.54 Å². The Kier molecular flexibility index (Phi) is 5.72. The highest BCUT2D eigenvalue weighted by molar-refractivity contribution is 5.82. The highest BCUT2D eigenvalue weighted by Crippen LogP contribution is 2.18. The number of methoxy groups -OCH3 is 1. The summed E-state index contributed by atoms with van der Waals surface area (Å²) in [6, 6.07) is 7.49. The van der Waals surface area contributed by atoms with Gasteiger partial charge in [0.25, 0.3) is 11.5 Å². The zero-order valence-electron chi connectivity index (χ0n) is 16.2. The summed E-state index contributed by atoms with van der Waals surface area (Å²) >= 11 is 0. The normalized spacial score (nSPS) is 11.6. The summed E-state index contributed by atoms with van der Waals surface area (Å²) in [6.07, 6.45) is 6.23. The first-order valence-corrected chi connectivity index (χ1v) is 8.66. The Hall–Kier alpha value is -3.95. The zero-order chi connectivity index (χ0) is 21.0. The van der Waals surface area contributed by atoms with Gasteiger partial charge in [0.2, 0.25) is 0 Å². The molecule has 0 spiro atoms. The Morgan fingerprint density at radius 3 is 2.76 bits per heavy atom. The first kappa shape index (κ1) is 19.8. The number of hydrogen-bond acceptors (Lipinski definition) is 6. The van der Waals surface area contributed by atoms with E-state index in [1.807, 2.05) is 24.3 Å². The van der Waals surface area contributed by atoms with Gasteiger partial charge in [0.05, 0.1) is 13.4 Å². The van der Waals surface area contributed by atoms with Crippen molar-refractivity contribution in [1.29, 1.82) is 0 Å². The van der Waals surface area contributed by atoms with E-state index >= 15 is 0 Å². The number of aryl methyl sites for hydroxylation is 1. The van der Waals surface area contributed by atoms with E-state index in [4.69, 9.17) is 4.74 Å². The summed E-state index contributed by atoms with van der Waals surface area (Å²) in [5.74, 6) is 0.284. The molecule has 1 amide bonds. The molecule has 3 rings (SSSR count). The van der Waals surface area contributed by atoms with Crippen LogP contribution < -0.4 is 21.4 Å². The maximum absolute atomic E-state index is 12.4. The van der Waals surface area contributed by atoms with Crippen molar-refractivity contribution in [3.8, 4) is 5.75 Å². The van der Waals surface area contributed by atoms with Gasteiger partial charge in [-0.1, -0.05) is 18.2 Å². The number of fused-ring (bicyclic) bond motifs is 1. The number of ether oxygens (including phenoxy) is 1. The third-order valence-corrected chi connectivity index (χ3v) is 4.30. The van der Waals surface area contributed by atoms with Gasteiger partial charge in [0.1, 0.15) is 12.3 Å². The van der Waals surface area contributed by atoms with E-state index in [9.17, 15) is 14.4 Å². The van der Waals surface area contributed by atoms with E-state index in [1.54, 1.807) is 19.3 Å². The van der Waals surface area contributed by atoms with Crippen LogP contribution in [0.25, 0.3) is 17.2 Å². The fraction of sp³-hybridized carbons (Fsp3) is 0.211. The van der Waals surface area contributed by atoms with E-state index in [0.717, 1.165) is 15.9 Å². The monoisotopic (exact) mass is 396 g/mol. The fourth-order valence-corrected chi connectivity index (χ4v) is 2.81. The third-order valence-electron chi connectivity index (χ3n) is 4.30. The highest BCUT2D eigenvalue weighted by atomic mass is 16.5. The molecule has 0 saturated carbocycles. The number of aromatic nitrogens is 4. The van der Waals surface area contributed by atoms with Crippen molar-refractivity contribution in [2.75, 3.05) is 7.11 Å². The number of carbonyl (C=O) groups is 1. The number of hydrogen-bond donors (Lipinski definition) is 1. The van der Waals surface area contributed by atoms with Crippen LogP contribution in [-0.2, 0) is 25.4 Å². The number of benzene rings is 1. The van der Waals surface area contributed by atoms with Gasteiger partial charge in [-0.05, 0) is 18.2 Å². The molecule has 2 aromatic heterocycles. The Balaban J connectivity index is 1.69. The predicted molar refractivity (Wildman–Crippen MR) is 109 cm³/mol. The summed E-state index contributed by atoms with van der Waals surface area (Å²) in [5, 5.41) is 3.85. The molecule has 0 bridgehead atoms. The molecule has 0 radical (unpaired) electrons. The first-order chi connectivity index (χ1) is 13.9. The number of carbonyl (C=O) groups excluding carboxylic acids is 1. The van der Waals surface area contributed by atoms with Crippen molar-refractivity contribution in [2.24, 2.45) is 19.2 Å². The molecule has 0 unspecified atom stereocenters. The molecule has 0 aliphatic rings. The van der Waals surface area contributed by atoms with Crippen LogP contribution in [-0.4, -0.2) is 37.9 Å². The molecule has 29 heavy (non-hydrogen) atoms. The molecule has 0 fully saturated rings. The van der Waals surface area contributed by atoms with Crippen molar-refractivity contribution in [3.63, 3.8) is 0 Å². The molecular formula is C19H20N6O4. The number of imidazole rings is 1. The molecule has 10 nitrogen and oxygen atoms in total. The van der Waals surface area contributed by atoms with Gasteiger partial charge in [-0.2, -0.15) is 5.10 Å². The standard InChI is InChI=1S/C19H20N6O4/c1-23-17-16(18(27)24(2)19(23)28)25(12-20-17)11-15(26)22-21-10-6-8-13-7-4-5-9-14(13)29-3/h4-10,12H,11H2,1-3H3,(H,22,26)/b8-6+,21-10-. The smallest absolute Gasteiger partial charge is 0.332 e. The number of amides is 1. The lowest BCUT2D eigenvalue weighted by Gasteiger charge is -2.05. The number of para-hydroxylation sites is 1. The first-order valence-electron chi connectivity index (χ1n) is 8.66. The van der Waals surface area contributed by atoms with Crippen LogP contribution in [0.2, 0.25) is 0 Å². The Bertz CT molecular complexity index is 1230. The van der Waals surface area contributed by atoms with Crippen LogP contribution in [0.1, 0.15) is 5.56 Å². The number of nitrogens with zero attached hydrogens (tertiary/aromatic N) is 5. The lowest BCUT2D eigenvalue weighted by molar-refractivity contribution is -0.121. The summed E-state index contributed by atoms with van der Waals surface area (Å²) in [6.45, 7) is -0.169. The molecule has 1 aromatic carbocycles. The van der Waals surface area contributed by atoms with Crippen LogP contribution in [0, 0.1) is 0 Å². The van der Waals surface area contributed by atoms with E-state index in [0.29, 0.717) is 0 Å². The van der Waals surface area contributed by atoms with E-state index in [1.165, 1.54) is 35.8 Å². The molecule has 10 heteroatoms. The lowest BCUT2D eigenvalue weighted by atomic mass is 10.2. The predicted octanol–water partition coefficient (Wildman–Crippen LogP) is 0.258. The minimum atomic E-state index is -0.517. The van der Waals surface area contributed by atoms with Gasteiger partial charge in [-0.3, -0.25) is 18.7 Å². The summed E-state index contributed by atoms with van der Waals surface area (Å²) in [4.78, 5) is 40.5. The van der Waals surface area contributed by atoms with Crippen molar-refractivity contribution in [3.05, 3.63) is 63.1 Å². The Morgan fingerprint density at radius 2 is 2.00 bits per heavy atom. The lowest BCUT2D eigenvalue weighted by Crippen LogP contribution is -2.38. The van der Waals surface area contributed by atoms with Crippen LogP contribution in [0.4, 0.5) is 0 Å². The number of allylic oxidation sites excluding steroid dienone is 1. The SMILES string of the molecule is COc1ccccc1/C=C/C=N\NC(=O)Cn1cnc2c1c(=O)n(C)c(=O)n2C. The van der Waals surface area contributed by atoms with Crippen LogP contribution in [0.3, 0.4) is 0 Å². The van der Waals surface area contributed by atoms with Gasteiger partial charge in [0.15, 0.2) is 11.2 Å².